The number of halogens is 1. The molecule has 4 heteroatoms. The maximum Gasteiger partial charge on any atom is 0.217 e. The van der Waals surface area contributed by atoms with Gasteiger partial charge in [0.25, 0.3) is 0 Å². The molecule has 0 aliphatic carbocycles. The summed E-state index contributed by atoms with van der Waals surface area (Å²) in [6.45, 7) is 3.02. The zero-order chi connectivity index (χ0) is 15.1. The number of hydrogen-bond donors (Lipinski definition) is 1. The molecule has 114 valence electrons. The predicted octanol–water partition coefficient (Wildman–Crippen LogP) is 2.82. The summed E-state index contributed by atoms with van der Waals surface area (Å²) in [4.78, 5) is 13.2. The molecule has 1 aromatic rings. The first-order valence-corrected chi connectivity index (χ1v) is 7.56. The van der Waals surface area contributed by atoms with Crippen LogP contribution in [0.3, 0.4) is 0 Å². The third-order valence-corrected chi connectivity index (χ3v) is 3.95. The SMILES string of the molecule is NC(=O)CCC1CCCN(C/C=C/c2ccc(F)cc2)C1. The number of likely N-dealkylation sites (tertiary alicyclic amines) is 1. The van der Waals surface area contributed by atoms with Crippen molar-refractivity contribution < 1.29 is 9.18 Å². The molecule has 1 atom stereocenters. The Morgan fingerprint density at radius 2 is 2.14 bits per heavy atom. The molecule has 0 radical (unpaired) electrons. The van der Waals surface area contributed by atoms with Gasteiger partial charge < -0.3 is 5.73 Å². The third kappa shape index (κ3) is 5.68. The molecule has 1 fully saturated rings. The van der Waals surface area contributed by atoms with Crippen molar-refractivity contribution >= 4 is 12.0 Å². The Labute approximate surface area is 125 Å². The van der Waals surface area contributed by atoms with E-state index in [1.807, 2.05) is 6.08 Å². The van der Waals surface area contributed by atoms with E-state index in [1.54, 1.807) is 12.1 Å². The fourth-order valence-electron chi connectivity index (χ4n) is 2.81. The number of carbonyl (C=O) groups is 1. The van der Waals surface area contributed by atoms with Crippen molar-refractivity contribution in [3.05, 3.63) is 41.7 Å². The molecule has 1 amide bonds. The van der Waals surface area contributed by atoms with Crippen LogP contribution in [0, 0.1) is 11.7 Å². The van der Waals surface area contributed by atoms with Gasteiger partial charge in [-0.05, 0) is 49.4 Å². The molecular weight excluding hydrogens is 267 g/mol. The minimum atomic E-state index is -0.208. The van der Waals surface area contributed by atoms with Crippen LogP contribution in [0.25, 0.3) is 6.08 Å². The number of piperidine rings is 1. The first-order valence-electron chi connectivity index (χ1n) is 7.56. The van der Waals surface area contributed by atoms with E-state index < -0.39 is 0 Å². The van der Waals surface area contributed by atoms with E-state index in [4.69, 9.17) is 5.73 Å². The van der Waals surface area contributed by atoms with Gasteiger partial charge in [0.1, 0.15) is 5.82 Å². The number of amides is 1. The maximum atomic E-state index is 12.8. The largest absolute Gasteiger partial charge is 0.370 e. The summed E-state index contributed by atoms with van der Waals surface area (Å²) in [7, 11) is 0. The Balaban J connectivity index is 1.77. The Hall–Kier alpha value is -1.68. The molecule has 1 heterocycles. The average molecular weight is 290 g/mol. The summed E-state index contributed by atoms with van der Waals surface area (Å²) < 4.78 is 12.8. The van der Waals surface area contributed by atoms with Crippen LogP contribution in [-0.4, -0.2) is 30.4 Å². The third-order valence-electron chi connectivity index (χ3n) is 3.95. The monoisotopic (exact) mass is 290 g/mol. The molecule has 2 rings (SSSR count). The maximum absolute atomic E-state index is 12.8. The van der Waals surface area contributed by atoms with Gasteiger partial charge in [-0.25, -0.2) is 4.39 Å². The van der Waals surface area contributed by atoms with E-state index in [-0.39, 0.29) is 11.7 Å². The Morgan fingerprint density at radius 3 is 2.86 bits per heavy atom. The number of rotatable bonds is 6. The molecule has 1 aliphatic rings. The number of benzene rings is 1. The zero-order valence-corrected chi connectivity index (χ0v) is 12.3. The van der Waals surface area contributed by atoms with Crippen LogP contribution in [0.4, 0.5) is 4.39 Å². The molecule has 3 nitrogen and oxygen atoms in total. The Bertz CT molecular complexity index is 484. The number of nitrogens with zero attached hydrogens (tertiary/aromatic N) is 1. The first kappa shape index (κ1) is 15.7. The van der Waals surface area contributed by atoms with Gasteiger partial charge in [-0.2, -0.15) is 0 Å². The Morgan fingerprint density at radius 1 is 1.38 bits per heavy atom. The van der Waals surface area contributed by atoms with E-state index in [0.717, 1.165) is 31.6 Å². The number of carbonyl (C=O) groups excluding carboxylic acids is 1. The van der Waals surface area contributed by atoms with Crippen LogP contribution in [0.1, 0.15) is 31.2 Å². The lowest BCUT2D eigenvalue weighted by Gasteiger charge is -2.31. The van der Waals surface area contributed by atoms with Gasteiger partial charge in [-0.3, -0.25) is 9.69 Å². The highest BCUT2D eigenvalue weighted by Crippen LogP contribution is 2.20. The highest BCUT2D eigenvalue weighted by Gasteiger charge is 2.19. The van der Waals surface area contributed by atoms with Crippen molar-refractivity contribution in [2.24, 2.45) is 11.7 Å². The summed E-state index contributed by atoms with van der Waals surface area (Å²) in [5.41, 5.74) is 6.22. The van der Waals surface area contributed by atoms with Gasteiger partial charge >= 0.3 is 0 Å². The molecular formula is C17H23FN2O. The molecule has 1 saturated heterocycles. The molecule has 1 unspecified atom stereocenters. The number of primary amides is 1. The van der Waals surface area contributed by atoms with Gasteiger partial charge in [0, 0.05) is 19.5 Å². The van der Waals surface area contributed by atoms with Gasteiger partial charge in [0.15, 0.2) is 0 Å². The summed E-state index contributed by atoms with van der Waals surface area (Å²) in [5, 5.41) is 0. The quantitative estimate of drug-likeness (QED) is 0.875. The highest BCUT2D eigenvalue weighted by molar-refractivity contribution is 5.73. The van der Waals surface area contributed by atoms with Crippen LogP contribution >= 0.6 is 0 Å². The van der Waals surface area contributed by atoms with Crippen LogP contribution in [0.2, 0.25) is 0 Å². The van der Waals surface area contributed by atoms with Crippen molar-refractivity contribution in [2.75, 3.05) is 19.6 Å². The zero-order valence-electron chi connectivity index (χ0n) is 12.3. The number of nitrogens with two attached hydrogens (primary N) is 1. The second kappa shape index (κ2) is 7.93. The minimum absolute atomic E-state index is 0.205. The van der Waals surface area contributed by atoms with E-state index >= 15 is 0 Å². The standard InChI is InChI=1S/C17H23FN2O/c18-16-8-5-14(6-9-16)3-1-11-20-12-2-4-15(13-20)7-10-17(19)21/h1,3,5-6,8-9,15H,2,4,7,10-13H2,(H2,19,21)/b3-1+. The van der Waals surface area contributed by atoms with Crippen molar-refractivity contribution in [2.45, 2.75) is 25.7 Å². The smallest absolute Gasteiger partial charge is 0.217 e. The normalized spacial score (nSPS) is 20.0. The molecule has 0 aromatic heterocycles. The van der Waals surface area contributed by atoms with E-state index in [2.05, 4.69) is 11.0 Å². The highest BCUT2D eigenvalue weighted by atomic mass is 19.1. The van der Waals surface area contributed by atoms with Gasteiger partial charge in [0.05, 0.1) is 0 Å². The van der Waals surface area contributed by atoms with Crippen molar-refractivity contribution in [1.29, 1.82) is 0 Å². The van der Waals surface area contributed by atoms with Crippen LogP contribution in [0.5, 0.6) is 0 Å². The van der Waals surface area contributed by atoms with Crippen molar-refractivity contribution in [1.82, 2.24) is 4.90 Å². The van der Waals surface area contributed by atoms with Crippen LogP contribution < -0.4 is 5.73 Å². The van der Waals surface area contributed by atoms with Gasteiger partial charge in [-0.1, -0.05) is 24.3 Å². The molecule has 1 aliphatic heterocycles. The lowest BCUT2D eigenvalue weighted by Crippen LogP contribution is -2.35. The molecule has 0 saturated carbocycles. The lowest BCUT2D eigenvalue weighted by atomic mass is 9.93. The topological polar surface area (TPSA) is 46.3 Å². The fourth-order valence-corrected chi connectivity index (χ4v) is 2.81. The fraction of sp³-hybridized carbons (Fsp3) is 0.471. The van der Waals surface area contributed by atoms with E-state index in [9.17, 15) is 9.18 Å². The second-order valence-electron chi connectivity index (χ2n) is 5.73. The molecule has 21 heavy (non-hydrogen) atoms. The van der Waals surface area contributed by atoms with E-state index in [1.165, 1.54) is 25.0 Å². The molecule has 2 N–H and O–H groups in total. The summed E-state index contributed by atoms with van der Waals surface area (Å²) in [6.07, 6.45) is 7.88. The Kier molecular flexibility index (Phi) is 5.93. The van der Waals surface area contributed by atoms with Gasteiger partial charge in [0.2, 0.25) is 5.91 Å². The average Bonchev–Trinajstić information content (AvgIpc) is 2.48. The number of hydrogen-bond acceptors (Lipinski definition) is 2. The minimum Gasteiger partial charge on any atom is -0.370 e. The van der Waals surface area contributed by atoms with Crippen molar-refractivity contribution in [3.8, 4) is 0 Å². The van der Waals surface area contributed by atoms with Gasteiger partial charge in [-0.15, -0.1) is 0 Å². The van der Waals surface area contributed by atoms with Crippen molar-refractivity contribution in [3.63, 3.8) is 0 Å². The summed E-state index contributed by atoms with van der Waals surface area (Å²) >= 11 is 0. The predicted molar refractivity (Wildman–Crippen MR) is 83.0 cm³/mol. The first-order chi connectivity index (χ1) is 10.1. The lowest BCUT2D eigenvalue weighted by molar-refractivity contribution is -0.118. The second-order valence-corrected chi connectivity index (χ2v) is 5.73. The summed E-state index contributed by atoms with van der Waals surface area (Å²) in [6, 6.07) is 6.50. The molecule has 1 aromatic carbocycles. The van der Waals surface area contributed by atoms with E-state index in [0.29, 0.717) is 12.3 Å². The molecule has 0 bridgehead atoms. The molecule has 0 spiro atoms. The van der Waals surface area contributed by atoms with Crippen LogP contribution in [0.15, 0.2) is 30.3 Å². The summed E-state index contributed by atoms with van der Waals surface area (Å²) in [5.74, 6) is 0.161. The van der Waals surface area contributed by atoms with Crippen LogP contribution in [-0.2, 0) is 4.79 Å².